The highest BCUT2D eigenvalue weighted by Crippen LogP contribution is 2.29. The molecule has 6 heteroatoms. The lowest BCUT2D eigenvalue weighted by atomic mass is 9.80. The van der Waals surface area contributed by atoms with E-state index in [0.717, 1.165) is 11.1 Å². The molecule has 0 bridgehead atoms. The minimum atomic E-state index is -0.749. The van der Waals surface area contributed by atoms with Gasteiger partial charge in [0, 0.05) is 10.9 Å². The summed E-state index contributed by atoms with van der Waals surface area (Å²) in [6.07, 6.45) is 1.31. The standard InChI is InChI=1S/C26H23ClN2O3/c27-21-11-5-4-10-18(21)16-20(25(28)31)19(15-14-17-8-2-1-3-9-17)24(30)26-29-22-12-6-7-13-23(22)32-26/h1-13,19-20H,14-16H2,(H2,28,31)/t19-,20?/m0/s1. The van der Waals surface area contributed by atoms with Crippen molar-refractivity contribution in [3.8, 4) is 0 Å². The fourth-order valence-corrected chi connectivity index (χ4v) is 4.17. The SMILES string of the molecule is NC(=O)C(Cc1ccccc1Cl)[C@H](CCc1ccccc1)C(=O)c1nc2ccccc2o1. The number of amides is 1. The molecule has 2 N–H and O–H groups in total. The predicted octanol–water partition coefficient (Wildman–Crippen LogP) is 5.26. The number of oxazole rings is 1. The molecule has 1 heterocycles. The zero-order valence-electron chi connectivity index (χ0n) is 17.4. The van der Waals surface area contributed by atoms with Crippen LogP contribution in [-0.2, 0) is 17.6 Å². The number of para-hydroxylation sites is 2. The van der Waals surface area contributed by atoms with E-state index in [0.29, 0.717) is 29.0 Å². The number of carbonyl (C=O) groups excluding carboxylic acids is 2. The lowest BCUT2D eigenvalue weighted by Crippen LogP contribution is -2.36. The number of hydrogen-bond acceptors (Lipinski definition) is 4. The van der Waals surface area contributed by atoms with Crippen molar-refractivity contribution < 1.29 is 14.0 Å². The maximum Gasteiger partial charge on any atom is 0.264 e. The van der Waals surface area contributed by atoms with E-state index in [2.05, 4.69) is 4.98 Å². The van der Waals surface area contributed by atoms with Crippen LogP contribution in [0.25, 0.3) is 11.1 Å². The van der Waals surface area contributed by atoms with Crippen LogP contribution in [0.3, 0.4) is 0 Å². The fraction of sp³-hybridized carbons (Fsp3) is 0.192. The molecule has 162 valence electrons. The van der Waals surface area contributed by atoms with E-state index in [1.54, 1.807) is 18.2 Å². The zero-order valence-corrected chi connectivity index (χ0v) is 18.2. The van der Waals surface area contributed by atoms with Crippen LogP contribution in [0.1, 0.15) is 28.2 Å². The number of halogens is 1. The van der Waals surface area contributed by atoms with Crippen LogP contribution in [-0.4, -0.2) is 16.7 Å². The molecule has 0 fully saturated rings. The number of fused-ring (bicyclic) bond motifs is 1. The number of carbonyl (C=O) groups is 2. The molecule has 0 spiro atoms. The second-order valence-corrected chi connectivity index (χ2v) is 8.19. The summed E-state index contributed by atoms with van der Waals surface area (Å²) in [5, 5.41) is 0.537. The van der Waals surface area contributed by atoms with Crippen LogP contribution in [0.4, 0.5) is 0 Å². The number of benzene rings is 3. The lowest BCUT2D eigenvalue weighted by molar-refractivity contribution is -0.123. The molecule has 4 aromatic rings. The molecule has 0 saturated heterocycles. The molecule has 0 radical (unpaired) electrons. The number of aryl methyl sites for hydroxylation is 1. The molecule has 4 rings (SSSR count). The molecule has 0 aliphatic carbocycles. The third-order valence-electron chi connectivity index (χ3n) is 5.68. The number of rotatable bonds is 9. The van der Waals surface area contributed by atoms with Gasteiger partial charge < -0.3 is 10.2 Å². The topological polar surface area (TPSA) is 86.2 Å². The molecule has 5 nitrogen and oxygen atoms in total. The molecule has 2 atom stereocenters. The van der Waals surface area contributed by atoms with E-state index >= 15 is 0 Å². The number of Topliss-reactive ketones (excluding diaryl/α,β-unsaturated/α-hetero) is 1. The molecule has 1 aromatic heterocycles. The Balaban J connectivity index is 1.68. The maximum absolute atomic E-state index is 13.6. The first-order chi connectivity index (χ1) is 15.5. The van der Waals surface area contributed by atoms with Crippen molar-refractivity contribution in [1.29, 1.82) is 0 Å². The minimum Gasteiger partial charge on any atom is -0.434 e. The van der Waals surface area contributed by atoms with E-state index < -0.39 is 17.7 Å². The van der Waals surface area contributed by atoms with Gasteiger partial charge in [-0.05, 0) is 48.6 Å². The van der Waals surface area contributed by atoms with Crippen molar-refractivity contribution in [2.75, 3.05) is 0 Å². The monoisotopic (exact) mass is 446 g/mol. The average molecular weight is 447 g/mol. The Kier molecular flexibility index (Phi) is 6.66. The van der Waals surface area contributed by atoms with Crippen molar-refractivity contribution in [1.82, 2.24) is 4.98 Å². The summed E-state index contributed by atoms with van der Waals surface area (Å²) in [5.41, 5.74) is 8.78. The van der Waals surface area contributed by atoms with Gasteiger partial charge >= 0.3 is 0 Å². The Morgan fingerprint density at radius 3 is 2.31 bits per heavy atom. The van der Waals surface area contributed by atoms with Crippen molar-refractivity contribution in [3.63, 3.8) is 0 Å². The van der Waals surface area contributed by atoms with Crippen molar-refractivity contribution in [2.45, 2.75) is 19.3 Å². The Labute approximate surface area is 191 Å². The van der Waals surface area contributed by atoms with Gasteiger partial charge in [0.15, 0.2) is 5.58 Å². The third-order valence-corrected chi connectivity index (χ3v) is 6.05. The Hall–Kier alpha value is -3.44. The highest BCUT2D eigenvalue weighted by Gasteiger charge is 2.35. The summed E-state index contributed by atoms with van der Waals surface area (Å²) in [7, 11) is 0. The molecular weight excluding hydrogens is 424 g/mol. The lowest BCUT2D eigenvalue weighted by Gasteiger charge is -2.23. The summed E-state index contributed by atoms with van der Waals surface area (Å²) in [6, 6.07) is 24.3. The van der Waals surface area contributed by atoms with Crippen LogP contribution in [0.2, 0.25) is 5.02 Å². The first-order valence-electron chi connectivity index (χ1n) is 10.5. The molecule has 1 amide bonds. The van der Waals surface area contributed by atoms with Crippen LogP contribution in [0, 0.1) is 11.8 Å². The van der Waals surface area contributed by atoms with Crippen LogP contribution in [0.15, 0.2) is 83.3 Å². The van der Waals surface area contributed by atoms with E-state index in [1.165, 1.54) is 0 Å². The van der Waals surface area contributed by atoms with Gasteiger partial charge in [-0.3, -0.25) is 9.59 Å². The van der Waals surface area contributed by atoms with Crippen molar-refractivity contribution in [2.24, 2.45) is 17.6 Å². The zero-order chi connectivity index (χ0) is 22.5. The third kappa shape index (κ3) is 4.89. The Morgan fingerprint density at radius 2 is 1.59 bits per heavy atom. The fourth-order valence-electron chi connectivity index (χ4n) is 3.96. The first kappa shape index (κ1) is 21.8. The Bertz CT molecular complexity index is 1200. The van der Waals surface area contributed by atoms with E-state index in [-0.39, 0.29) is 18.1 Å². The average Bonchev–Trinajstić information content (AvgIpc) is 3.24. The van der Waals surface area contributed by atoms with Gasteiger partial charge in [-0.15, -0.1) is 0 Å². The van der Waals surface area contributed by atoms with Gasteiger partial charge in [0.1, 0.15) is 5.52 Å². The predicted molar refractivity (Wildman–Crippen MR) is 124 cm³/mol. The summed E-state index contributed by atoms with van der Waals surface area (Å²) in [4.78, 5) is 30.5. The number of nitrogens with two attached hydrogens (primary N) is 1. The maximum atomic E-state index is 13.6. The van der Waals surface area contributed by atoms with E-state index in [4.69, 9.17) is 21.8 Å². The number of hydrogen-bond donors (Lipinski definition) is 1. The largest absolute Gasteiger partial charge is 0.434 e. The molecule has 0 aliphatic heterocycles. The van der Waals surface area contributed by atoms with E-state index in [9.17, 15) is 9.59 Å². The smallest absolute Gasteiger partial charge is 0.264 e. The molecule has 0 saturated carbocycles. The molecule has 0 aliphatic rings. The number of ketones is 1. The molecule has 1 unspecified atom stereocenters. The van der Waals surface area contributed by atoms with Crippen LogP contribution >= 0.6 is 11.6 Å². The molecular formula is C26H23ClN2O3. The summed E-state index contributed by atoms with van der Waals surface area (Å²) in [6.45, 7) is 0. The normalized spacial score (nSPS) is 13.0. The number of nitrogens with zero attached hydrogens (tertiary/aromatic N) is 1. The number of primary amides is 1. The van der Waals surface area contributed by atoms with Gasteiger partial charge in [-0.1, -0.05) is 72.3 Å². The van der Waals surface area contributed by atoms with Crippen LogP contribution in [0.5, 0.6) is 0 Å². The number of aromatic nitrogens is 1. The van der Waals surface area contributed by atoms with E-state index in [1.807, 2.05) is 60.7 Å². The second-order valence-electron chi connectivity index (χ2n) is 7.79. The quantitative estimate of drug-likeness (QED) is 0.355. The van der Waals surface area contributed by atoms with Gasteiger partial charge in [0.05, 0.1) is 5.92 Å². The highest BCUT2D eigenvalue weighted by atomic mass is 35.5. The minimum absolute atomic E-state index is 0.00493. The molecule has 3 aromatic carbocycles. The van der Waals surface area contributed by atoms with Gasteiger partial charge in [-0.25, -0.2) is 4.98 Å². The second kappa shape index (κ2) is 9.79. The highest BCUT2D eigenvalue weighted by molar-refractivity contribution is 6.31. The van der Waals surface area contributed by atoms with Gasteiger partial charge in [-0.2, -0.15) is 0 Å². The summed E-state index contributed by atoms with van der Waals surface area (Å²) < 4.78 is 5.73. The van der Waals surface area contributed by atoms with Gasteiger partial charge in [0.25, 0.3) is 5.89 Å². The van der Waals surface area contributed by atoms with Crippen molar-refractivity contribution >= 4 is 34.4 Å². The van der Waals surface area contributed by atoms with Crippen molar-refractivity contribution in [3.05, 3.63) is 101 Å². The molecule has 32 heavy (non-hydrogen) atoms. The Morgan fingerprint density at radius 1 is 0.906 bits per heavy atom. The summed E-state index contributed by atoms with van der Waals surface area (Å²) in [5.74, 6) is -2.33. The van der Waals surface area contributed by atoms with Gasteiger partial charge in [0.2, 0.25) is 11.7 Å². The van der Waals surface area contributed by atoms with Crippen LogP contribution < -0.4 is 5.73 Å². The first-order valence-corrected chi connectivity index (χ1v) is 10.9. The summed E-state index contributed by atoms with van der Waals surface area (Å²) >= 11 is 6.33.